The van der Waals surface area contributed by atoms with Crippen molar-refractivity contribution >= 4 is 5.91 Å². The van der Waals surface area contributed by atoms with Crippen molar-refractivity contribution in [2.45, 2.75) is 30.9 Å². The van der Waals surface area contributed by atoms with Crippen molar-refractivity contribution in [2.75, 3.05) is 39.8 Å². The summed E-state index contributed by atoms with van der Waals surface area (Å²) in [5, 5.41) is 0. The minimum absolute atomic E-state index is 0.0665. The monoisotopic (exact) mass is 393 g/mol. The third-order valence-corrected chi connectivity index (χ3v) is 6.48. The third-order valence-electron chi connectivity index (χ3n) is 6.48. The SMILES string of the molecule is CN(CCc1ccccc1)C1(C(=O)N2CCO[C@H](CN)C2)Cc2ccccc2C1. The smallest absolute Gasteiger partial charge is 0.243 e. The van der Waals surface area contributed by atoms with E-state index in [1.54, 1.807) is 0 Å². The third kappa shape index (κ3) is 4.08. The second-order valence-corrected chi connectivity index (χ2v) is 8.29. The van der Waals surface area contributed by atoms with E-state index in [2.05, 4.69) is 60.5 Å². The van der Waals surface area contributed by atoms with Gasteiger partial charge in [0.1, 0.15) is 5.54 Å². The van der Waals surface area contributed by atoms with Crippen LogP contribution in [0, 0.1) is 0 Å². The van der Waals surface area contributed by atoms with Gasteiger partial charge in [0.2, 0.25) is 5.91 Å². The Morgan fingerprint density at radius 2 is 1.79 bits per heavy atom. The van der Waals surface area contributed by atoms with Crippen LogP contribution in [0.25, 0.3) is 0 Å². The summed E-state index contributed by atoms with van der Waals surface area (Å²) in [4.78, 5) is 18.2. The number of carbonyl (C=O) groups excluding carboxylic acids is 1. The molecule has 1 heterocycles. The van der Waals surface area contributed by atoms with Crippen LogP contribution >= 0.6 is 0 Å². The van der Waals surface area contributed by atoms with Crippen LogP contribution in [0.15, 0.2) is 54.6 Å². The van der Waals surface area contributed by atoms with E-state index < -0.39 is 5.54 Å². The molecule has 1 aliphatic heterocycles. The molecule has 1 atom stereocenters. The Labute approximate surface area is 173 Å². The van der Waals surface area contributed by atoms with Crippen molar-refractivity contribution < 1.29 is 9.53 Å². The highest BCUT2D eigenvalue weighted by Crippen LogP contribution is 2.36. The predicted molar refractivity (Wildman–Crippen MR) is 115 cm³/mol. The van der Waals surface area contributed by atoms with E-state index in [0.717, 1.165) is 25.8 Å². The fourth-order valence-corrected chi connectivity index (χ4v) is 4.68. The van der Waals surface area contributed by atoms with Crippen LogP contribution in [-0.2, 0) is 28.8 Å². The molecule has 154 valence electrons. The molecule has 0 radical (unpaired) electrons. The maximum absolute atomic E-state index is 13.9. The molecule has 2 aromatic carbocycles. The average Bonchev–Trinajstić information content (AvgIpc) is 3.18. The first-order valence-electron chi connectivity index (χ1n) is 10.6. The lowest BCUT2D eigenvalue weighted by Crippen LogP contribution is -2.62. The Bertz CT molecular complexity index is 814. The molecule has 29 heavy (non-hydrogen) atoms. The molecular formula is C24H31N3O2. The molecule has 1 fully saturated rings. The highest BCUT2D eigenvalue weighted by atomic mass is 16.5. The number of nitrogens with zero attached hydrogens (tertiary/aromatic N) is 2. The molecule has 0 aromatic heterocycles. The molecule has 0 unspecified atom stereocenters. The molecule has 1 aliphatic carbocycles. The highest BCUT2D eigenvalue weighted by Gasteiger charge is 2.49. The lowest BCUT2D eigenvalue weighted by molar-refractivity contribution is -0.150. The van der Waals surface area contributed by atoms with E-state index in [4.69, 9.17) is 10.5 Å². The Morgan fingerprint density at radius 1 is 1.14 bits per heavy atom. The van der Waals surface area contributed by atoms with E-state index in [0.29, 0.717) is 26.2 Å². The number of rotatable bonds is 6. The van der Waals surface area contributed by atoms with Gasteiger partial charge in [-0.05, 0) is 30.2 Å². The summed E-state index contributed by atoms with van der Waals surface area (Å²) in [6.45, 7) is 3.07. The van der Waals surface area contributed by atoms with Crippen molar-refractivity contribution in [3.05, 3.63) is 71.3 Å². The quantitative estimate of drug-likeness (QED) is 0.814. The van der Waals surface area contributed by atoms with Gasteiger partial charge < -0.3 is 15.4 Å². The minimum atomic E-state index is -0.533. The van der Waals surface area contributed by atoms with Gasteiger partial charge in [-0.15, -0.1) is 0 Å². The van der Waals surface area contributed by atoms with Crippen LogP contribution in [-0.4, -0.2) is 67.2 Å². The second kappa shape index (κ2) is 8.66. The van der Waals surface area contributed by atoms with Crippen LogP contribution in [0.2, 0.25) is 0 Å². The van der Waals surface area contributed by atoms with Crippen molar-refractivity contribution in [1.29, 1.82) is 0 Å². The number of fused-ring (bicyclic) bond motifs is 1. The molecule has 2 N–H and O–H groups in total. The first-order valence-corrected chi connectivity index (χ1v) is 10.6. The summed E-state index contributed by atoms with van der Waals surface area (Å²) in [5.74, 6) is 0.214. The zero-order valence-corrected chi connectivity index (χ0v) is 17.2. The largest absolute Gasteiger partial charge is 0.373 e. The van der Waals surface area contributed by atoms with Crippen LogP contribution in [0.4, 0.5) is 0 Å². The lowest BCUT2D eigenvalue weighted by atomic mass is 9.90. The molecule has 1 saturated heterocycles. The summed E-state index contributed by atoms with van der Waals surface area (Å²) in [6, 6.07) is 19.0. The Kier molecular flexibility index (Phi) is 5.99. The molecule has 0 spiro atoms. The van der Waals surface area contributed by atoms with Gasteiger partial charge in [-0.25, -0.2) is 0 Å². The van der Waals surface area contributed by atoms with Crippen LogP contribution in [0.3, 0.4) is 0 Å². The van der Waals surface area contributed by atoms with Crippen LogP contribution < -0.4 is 5.73 Å². The number of hydrogen-bond donors (Lipinski definition) is 1. The first-order chi connectivity index (χ1) is 14.1. The Morgan fingerprint density at radius 3 is 2.45 bits per heavy atom. The molecule has 0 bridgehead atoms. The van der Waals surface area contributed by atoms with E-state index >= 15 is 0 Å². The maximum atomic E-state index is 13.9. The number of benzene rings is 2. The minimum Gasteiger partial charge on any atom is -0.373 e. The first kappa shape index (κ1) is 20.1. The average molecular weight is 394 g/mol. The van der Waals surface area contributed by atoms with E-state index in [1.165, 1.54) is 16.7 Å². The van der Waals surface area contributed by atoms with Crippen LogP contribution in [0.1, 0.15) is 16.7 Å². The topological polar surface area (TPSA) is 58.8 Å². The lowest BCUT2D eigenvalue weighted by Gasteiger charge is -2.43. The van der Waals surface area contributed by atoms with Crippen molar-refractivity contribution in [3.63, 3.8) is 0 Å². The zero-order valence-electron chi connectivity index (χ0n) is 17.2. The van der Waals surface area contributed by atoms with Gasteiger partial charge in [-0.1, -0.05) is 54.6 Å². The molecule has 2 aromatic rings. The summed E-state index contributed by atoms with van der Waals surface area (Å²) in [5.41, 5.74) is 9.16. The predicted octanol–water partition coefficient (Wildman–Crippen LogP) is 1.88. The van der Waals surface area contributed by atoms with Gasteiger partial charge in [0.15, 0.2) is 0 Å². The van der Waals surface area contributed by atoms with Crippen LogP contribution in [0.5, 0.6) is 0 Å². The Balaban J connectivity index is 1.57. The maximum Gasteiger partial charge on any atom is 0.243 e. The van der Waals surface area contributed by atoms with E-state index in [-0.39, 0.29) is 12.0 Å². The highest BCUT2D eigenvalue weighted by molar-refractivity contribution is 5.88. The van der Waals surface area contributed by atoms with E-state index in [1.807, 2.05) is 11.0 Å². The number of ether oxygens (including phenoxy) is 1. The Hall–Kier alpha value is -2.21. The normalized spacial score (nSPS) is 20.7. The summed E-state index contributed by atoms with van der Waals surface area (Å²) < 4.78 is 5.70. The second-order valence-electron chi connectivity index (χ2n) is 8.29. The van der Waals surface area contributed by atoms with E-state index in [9.17, 15) is 4.79 Å². The number of nitrogens with two attached hydrogens (primary N) is 1. The standard InChI is InChI=1S/C24H31N3O2/c1-26(12-11-19-7-3-2-4-8-19)24(15-20-9-5-6-10-21(20)16-24)23(28)27-13-14-29-22(17-25)18-27/h2-10,22H,11-18,25H2,1H3/t22-/m1/s1. The number of hydrogen-bond acceptors (Lipinski definition) is 4. The molecule has 4 rings (SSSR count). The van der Waals surface area contributed by atoms with Gasteiger partial charge in [-0.2, -0.15) is 0 Å². The van der Waals surface area contributed by atoms with Crippen molar-refractivity contribution in [1.82, 2.24) is 9.80 Å². The fraction of sp³-hybridized carbons (Fsp3) is 0.458. The summed E-state index contributed by atoms with van der Waals surface area (Å²) in [6.07, 6.45) is 2.39. The molecule has 5 heteroatoms. The molecule has 5 nitrogen and oxygen atoms in total. The van der Waals surface area contributed by atoms with Gasteiger partial charge in [0, 0.05) is 39.0 Å². The van der Waals surface area contributed by atoms with Gasteiger partial charge >= 0.3 is 0 Å². The molecule has 2 aliphatic rings. The molecular weight excluding hydrogens is 362 g/mol. The van der Waals surface area contributed by atoms with Crippen molar-refractivity contribution in [2.24, 2.45) is 5.73 Å². The number of likely N-dealkylation sites (N-methyl/N-ethyl adjacent to an activating group) is 1. The number of amides is 1. The molecule has 1 amide bonds. The summed E-state index contributed by atoms with van der Waals surface area (Å²) >= 11 is 0. The van der Waals surface area contributed by atoms with Gasteiger partial charge in [0.05, 0.1) is 12.7 Å². The van der Waals surface area contributed by atoms with Gasteiger partial charge in [-0.3, -0.25) is 9.69 Å². The zero-order chi connectivity index (χ0) is 20.3. The van der Waals surface area contributed by atoms with Gasteiger partial charge in [0.25, 0.3) is 0 Å². The van der Waals surface area contributed by atoms with Crippen molar-refractivity contribution in [3.8, 4) is 0 Å². The molecule has 0 saturated carbocycles. The summed E-state index contributed by atoms with van der Waals surface area (Å²) in [7, 11) is 2.10. The fourth-order valence-electron chi connectivity index (χ4n) is 4.68. The number of morpholine rings is 1. The number of carbonyl (C=O) groups is 1.